The molecule has 1 aliphatic heterocycles. The number of halogens is 1. The minimum atomic E-state index is -0.205. The van der Waals surface area contributed by atoms with E-state index in [1.54, 1.807) is 12.1 Å². The van der Waals surface area contributed by atoms with Crippen LogP contribution >= 0.6 is 0 Å². The molecule has 0 fully saturated rings. The summed E-state index contributed by atoms with van der Waals surface area (Å²) in [5.74, 6) is 1.24. The van der Waals surface area contributed by atoms with Crippen molar-refractivity contribution in [2.45, 2.75) is 32.2 Å². The highest BCUT2D eigenvalue weighted by molar-refractivity contribution is 5.56. The summed E-state index contributed by atoms with van der Waals surface area (Å²) in [7, 11) is 0. The Balaban J connectivity index is 2.10. The average molecular weight is 230 g/mol. The molecule has 88 valence electrons. The first-order chi connectivity index (χ1) is 8.25. The number of aromatic nitrogens is 2. The Morgan fingerprint density at radius 1 is 1.41 bits per heavy atom. The van der Waals surface area contributed by atoms with Crippen LogP contribution in [-0.2, 0) is 6.54 Å². The fraction of sp³-hybridized carbons (Fsp3) is 0.357. The summed E-state index contributed by atoms with van der Waals surface area (Å²) in [6.45, 7) is 3.22. The maximum atomic E-state index is 13.2. The van der Waals surface area contributed by atoms with Crippen LogP contribution in [0.5, 0.6) is 0 Å². The minimum Gasteiger partial charge on any atom is -0.328 e. The zero-order chi connectivity index (χ0) is 11.8. The highest BCUT2D eigenvalue weighted by Crippen LogP contribution is 2.31. The van der Waals surface area contributed by atoms with Gasteiger partial charge in [0.1, 0.15) is 11.6 Å². The van der Waals surface area contributed by atoms with Crippen LogP contribution in [0.1, 0.15) is 31.4 Å². The Bertz CT molecular complexity index is 545. The van der Waals surface area contributed by atoms with Crippen molar-refractivity contribution >= 4 is 0 Å². The Morgan fingerprint density at radius 2 is 2.29 bits per heavy atom. The molecule has 0 amide bonds. The van der Waals surface area contributed by atoms with Crippen molar-refractivity contribution in [3.05, 3.63) is 42.0 Å². The predicted molar refractivity (Wildman–Crippen MR) is 65.3 cm³/mol. The van der Waals surface area contributed by atoms with Gasteiger partial charge in [-0.2, -0.15) is 0 Å². The first-order valence-electron chi connectivity index (χ1n) is 6.07. The molecule has 2 aromatic rings. The molecule has 0 aliphatic carbocycles. The molecule has 0 bridgehead atoms. The number of fused-ring (bicyclic) bond motifs is 1. The highest BCUT2D eigenvalue weighted by atomic mass is 19.1. The Hall–Kier alpha value is -1.64. The Kier molecular flexibility index (Phi) is 2.46. The molecular weight excluding hydrogens is 215 g/mol. The fourth-order valence-electron chi connectivity index (χ4n) is 2.58. The molecule has 1 aromatic heterocycles. The first-order valence-corrected chi connectivity index (χ1v) is 6.07. The molecule has 3 rings (SSSR count). The van der Waals surface area contributed by atoms with E-state index < -0.39 is 0 Å². The van der Waals surface area contributed by atoms with Crippen molar-refractivity contribution in [1.29, 1.82) is 0 Å². The average Bonchev–Trinajstić information content (AvgIpc) is 2.74. The molecule has 1 aliphatic rings. The maximum absolute atomic E-state index is 13.2. The summed E-state index contributed by atoms with van der Waals surface area (Å²) in [4.78, 5) is 4.46. The van der Waals surface area contributed by atoms with E-state index in [1.807, 2.05) is 12.3 Å². The third-order valence-electron chi connectivity index (χ3n) is 3.49. The van der Waals surface area contributed by atoms with Crippen LogP contribution < -0.4 is 0 Å². The molecule has 0 radical (unpaired) electrons. The lowest BCUT2D eigenvalue weighted by atomic mass is 9.98. The summed E-state index contributed by atoms with van der Waals surface area (Å²) in [6, 6.07) is 6.66. The van der Waals surface area contributed by atoms with Crippen molar-refractivity contribution in [3.8, 4) is 11.4 Å². The molecule has 1 aromatic carbocycles. The molecular formula is C14H15FN2. The SMILES string of the molecule is CC1CCCn2c1cnc2-c1cccc(F)c1. The number of benzene rings is 1. The van der Waals surface area contributed by atoms with Gasteiger partial charge in [-0.25, -0.2) is 9.37 Å². The third kappa shape index (κ3) is 1.75. The van der Waals surface area contributed by atoms with Crippen molar-refractivity contribution < 1.29 is 4.39 Å². The van der Waals surface area contributed by atoms with E-state index in [0.29, 0.717) is 5.92 Å². The third-order valence-corrected chi connectivity index (χ3v) is 3.49. The zero-order valence-electron chi connectivity index (χ0n) is 9.86. The van der Waals surface area contributed by atoms with Gasteiger partial charge in [0.25, 0.3) is 0 Å². The van der Waals surface area contributed by atoms with E-state index >= 15 is 0 Å². The van der Waals surface area contributed by atoms with Crippen molar-refractivity contribution in [2.24, 2.45) is 0 Å². The largest absolute Gasteiger partial charge is 0.328 e. The molecule has 2 heterocycles. The highest BCUT2D eigenvalue weighted by Gasteiger charge is 2.20. The van der Waals surface area contributed by atoms with Gasteiger partial charge in [-0.05, 0) is 30.9 Å². The molecule has 0 saturated carbocycles. The van der Waals surface area contributed by atoms with Gasteiger partial charge in [-0.15, -0.1) is 0 Å². The lowest BCUT2D eigenvalue weighted by molar-refractivity contribution is 0.478. The fourth-order valence-corrected chi connectivity index (χ4v) is 2.58. The summed E-state index contributed by atoms with van der Waals surface area (Å²) in [5, 5.41) is 0. The lowest BCUT2D eigenvalue weighted by Gasteiger charge is -2.22. The van der Waals surface area contributed by atoms with Gasteiger partial charge in [0.15, 0.2) is 0 Å². The van der Waals surface area contributed by atoms with E-state index in [1.165, 1.54) is 24.6 Å². The monoisotopic (exact) mass is 230 g/mol. The van der Waals surface area contributed by atoms with Gasteiger partial charge < -0.3 is 4.57 Å². The van der Waals surface area contributed by atoms with Crippen LogP contribution in [0.25, 0.3) is 11.4 Å². The number of hydrogen-bond donors (Lipinski definition) is 0. The molecule has 0 saturated heterocycles. The number of hydrogen-bond acceptors (Lipinski definition) is 1. The van der Waals surface area contributed by atoms with Crippen LogP contribution in [0, 0.1) is 5.82 Å². The second kappa shape index (κ2) is 3.99. The smallest absolute Gasteiger partial charge is 0.140 e. The minimum absolute atomic E-state index is 0.205. The van der Waals surface area contributed by atoms with Gasteiger partial charge in [0.2, 0.25) is 0 Å². The Labute approximate surface area is 100 Å². The molecule has 1 atom stereocenters. The quantitative estimate of drug-likeness (QED) is 0.732. The van der Waals surface area contributed by atoms with Gasteiger partial charge in [-0.1, -0.05) is 19.1 Å². The number of imidazole rings is 1. The van der Waals surface area contributed by atoms with Gasteiger partial charge in [-0.3, -0.25) is 0 Å². The summed E-state index contributed by atoms with van der Waals surface area (Å²) >= 11 is 0. The van der Waals surface area contributed by atoms with Crippen LogP contribution in [0.2, 0.25) is 0 Å². The van der Waals surface area contributed by atoms with Crippen molar-refractivity contribution in [1.82, 2.24) is 9.55 Å². The second-order valence-corrected chi connectivity index (χ2v) is 4.71. The van der Waals surface area contributed by atoms with E-state index in [-0.39, 0.29) is 5.82 Å². The van der Waals surface area contributed by atoms with Crippen molar-refractivity contribution in [2.75, 3.05) is 0 Å². The van der Waals surface area contributed by atoms with Gasteiger partial charge in [0, 0.05) is 24.0 Å². The second-order valence-electron chi connectivity index (χ2n) is 4.71. The first kappa shape index (κ1) is 10.5. The molecule has 3 heteroatoms. The molecule has 17 heavy (non-hydrogen) atoms. The van der Waals surface area contributed by atoms with E-state index in [9.17, 15) is 4.39 Å². The van der Waals surface area contributed by atoms with Crippen molar-refractivity contribution in [3.63, 3.8) is 0 Å². The predicted octanol–water partition coefficient (Wildman–Crippen LogP) is 3.59. The number of rotatable bonds is 1. The molecule has 0 N–H and O–H groups in total. The zero-order valence-corrected chi connectivity index (χ0v) is 9.86. The van der Waals surface area contributed by atoms with Gasteiger partial charge in [0.05, 0.1) is 0 Å². The molecule has 0 spiro atoms. The Morgan fingerprint density at radius 3 is 3.12 bits per heavy atom. The van der Waals surface area contributed by atoms with Crippen LogP contribution in [0.15, 0.2) is 30.5 Å². The lowest BCUT2D eigenvalue weighted by Crippen LogP contribution is -2.13. The summed E-state index contributed by atoms with van der Waals surface area (Å²) in [5.41, 5.74) is 2.14. The normalized spacial score (nSPS) is 19.1. The van der Waals surface area contributed by atoms with E-state index in [4.69, 9.17) is 0 Å². The topological polar surface area (TPSA) is 17.8 Å². The van der Waals surface area contributed by atoms with Gasteiger partial charge >= 0.3 is 0 Å². The number of nitrogens with zero attached hydrogens (tertiary/aromatic N) is 2. The molecule has 2 nitrogen and oxygen atoms in total. The van der Waals surface area contributed by atoms with Crippen LogP contribution in [0.3, 0.4) is 0 Å². The van der Waals surface area contributed by atoms with Crippen LogP contribution in [0.4, 0.5) is 4.39 Å². The van der Waals surface area contributed by atoms with E-state index in [2.05, 4.69) is 16.5 Å². The standard InChI is InChI=1S/C14H15FN2/c1-10-4-3-7-17-13(10)9-16-14(17)11-5-2-6-12(15)8-11/h2,5-6,8-10H,3-4,7H2,1H3. The summed E-state index contributed by atoms with van der Waals surface area (Å²) in [6.07, 6.45) is 4.32. The summed E-state index contributed by atoms with van der Waals surface area (Å²) < 4.78 is 15.5. The molecule has 1 unspecified atom stereocenters. The van der Waals surface area contributed by atoms with E-state index in [0.717, 1.165) is 17.9 Å². The van der Waals surface area contributed by atoms with Crippen LogP contribution in [-0.4, -0.2) is 9.55 Å². The maximum Gasteiger partial charge on any atom is 0.140 e.